The molecule has 90 valence electrons. The van der Waals surface area contributed by atoms with Crippen molar-refractivity contribution < 1.29 is 9.90 Å². The van der Waals surface area contributed by atoms with Crippen molar-refractivity contribution in [1.29, 1.82) is 0 Å². The van der Waals surface area contributed by atoms with Gasteiger partial charge in [0.25, 0.3) is 0 Å². The van der Waals surface area contributed by atoms with Crippen LogP contribution in [0.25, 0.3) is 0 Å². The average molecular weight is 243 g/mol. The van der Waals surface area contributed by atoms with Crippen LogP contribution in [0.2, 0.25) is 0 Å². The lowest BCUT2D eigenvalue weighted by atomic mass is 10.4. The van der Waals surface area contributed by atoms with Crippen LogP contribution in [0, 0.1) is 0 Å². The van der Waals surface area contributed by atoms with E-state index in [1.165, 1.54) is 11.3 Å². The van der Waals surface area contributed by atoms with Gasteiger partial charge in [0.15, 0.2) is 0 Å². The smallest absolute Gasteiger partial charge is 0.365 e. The van der Waals surface area contributed by atoms with E-state index in [0.717, 1.165) is 25.2 Å². The van der Waals surface area contributed by atoms with E-state index in [4.69, 9.17) is 5.11 Å². The summed E-state index contributed by atoms with van der Waals surface area (Å²) in [6, 6.07) is 0. The number of hydrogen-bond acceptors (Lipinski definition) is 5. The first kappa shape index (κ1) is 13.1. The van der Waals surface area contributed by atoms with Crippen LogP contribution in [0.15, 0.2) is 5.38 Å². The predicted molar refractivity (Wildman–Crippen MR) is 64.0 cm³/mol. The van der Waals surface area contributed by atoms with Crippen molar-refractivity contribution in [3.63, 3.8) is 0 Å². The molecule has 2 N–H and O–H groups in total. The van der Waals surface area contributed by atoms with E-state index in [1.54, 1.807) is 5.38 Å². The van der Waals surface area contributed by atoms with E-state index in [9.17, 15) is 4.79 Å². The first-order chi connectivity index (χ1) is 7.59. The molecule has 0 bridgehead atoms. The number of nitrogens with one attached hydrogen (secondary N) is 1. The van der Waals surface area contributed by atoms with Crippen LogP contribution in [0.3, 0.4) is 0 Å². The predicted octanol–water partition coefficient (Wildman–Crippen LogP) is 0.883. The Balaban J connectivity index is 2.19. The van der Waals surface area contributed by atoms with Gasteiger partial charge in [0.2, 0.25) is 5.01 Å². The van der Waals surface area contributed by atoms with Crippen LogP contribution in [0.5, 0.6) is 0 Å². The average Bonchev–Trinajstić information content (AvgIpc) is 2.65. The van der Waals surface area contributed by atoms with Crippen molar-refractivity contribution in [1.82, 2.24) is 15.2 Å². The molecule has 0 amide bonds. The highest BCUT2D eigenvalue weighted by Gasteiger charge is 2.07. The fourth-order valence-corrected chi connectivity index (χ4v) is 1.88. The highest BCUT2D eigenvalue weighted by atomic mass is 32.1. The van der Waals surface area contributed by atoms with Gasteiger partial charge in [-0.05, 0) is 33.6 Å². The largest absolute Gasteiger partial charge is 0.476 e. The van der Waals surface area contributed by atoms with Crippen molar-refractivity contribution in [2.75, 3.05) is 27.2 Å². The summed E-state index contributed by atoms with van der Waals surface area (Å²) in [5.41, 5.74) is 0.798. The molecular weight excluding hydrogens is 226 g/mol. The number of rotatable bonds is 7. The van der Waals surface area contributed by atoms with Crippen LogP contribution < -0.4 is 5.32 Å². The van der Waals surface area contributed by atoms with Crippen LogP contribution >= 0.6 is 11.3 Å². The molecule has 1 aromatic rings. The molecule has 0 aliphatic rings. The summed E-state index contributed by atoms with van der Waals surface area (Å²) in [6.45, 7) is 2.60. The molecule has 0 aliphatic heterocycles. The Kier molecular flexibility index (Phi) is 5.37. The maximum atomic E-state index is 10.6. The Morgan fingerprint density at radius 3 is 2.94 bits per heavy atom. The highest BCUT2D eigenvalue weighted by molar-refractivity contribution is 7.11. The molecule has 1 aromatic heterocycles. The van der Waals surface area contributed by atoms with E-state index in [1.807, 2.05) is 14.1 Å². The molecule has 0 radical (unpaired) electrons. The summed E-state index contributed by atoms with van der Waals surface area (Å²) in [5, 5.41) is 13.9. The van der Waals surface area contributed by atoms with E-state index in [-0.39, 0.29) is 5.01 Å². The summed E-state index contributed by atoms with van der Waals surface area (Å²) >= 11 is 1.17. The fourth-order valence-electron chi connectivity index (χ4n) is 1.22. The third-order valence-corrected chi connectivity index (χ3v) is 2.88. The van der Waals surface area contributed by atoms with E-state index in [0.29, 0.717) is 6.54 Å². The zero-order chi connectivity index (χ0) is 12.0. The van der Waals surface area contributed by atoms with Crippen LogP contribution in [-0.2, 0) is 6.54 Å². The van der Waals surface area contributed by atoms with Gasteiger partial charge in [-0.1, -0.05) is 0 Å². The summed E-state index contributed by atoms with van der Waals surface area (Å²) in [7, 11) is 4.08. The summed E-state index contributed by atoms with van der Waals surface area (Å²) in [5.74, 6) is -0.955. The number of thiazole rings is 1. The van der Waals surface area contributed by atoms with E-state index >= 15 is 0 Å². The molecule has 0 spiro atoms. The molecule has 0 saturated heterocycles. The number of nitrogens with zero attached hydrogens (tertiary/aromatic N) is 2. The zero-order valence-electron chi connectivity index (χ0n) is 9.56. The van der Waals surface area contributed by atoms with E-state index in [2.05, 4.69) is 15.2 Å². The van der Waals surface area contributed by atoms with Gasteiger partial charge in [0.1, 0.15) is 0 Å². The lowest BCUT2D eigenvalue weighted by molar-refractivity contribution is 0.0696. The second kappa shape index (κ2) is 6.57. The summed E-state index contributed by atoms with van der Waals surface area (Å²) < 4.78 is 0. The summed E-state index contributed by atoms with van der Waals surface area (Å²) in [4.78, 5) is 16.7. The first-order valence-corrected chi connectivity index (χ1v) is 6.00. The monoisotopic (exact) mass is 243 g/mol. The number of carboxylic acids is 1. The number of aromatic nitrogens is 1. The van der Waals surface area contributed by atoms with Gasteiger partial charge in [0, 0.05) is 11.9 Å². The lowest BCUT2D eigenvalue weighted by Crippen LogP contribution is -2.21. The quantitative estimate of drug-likeness (QED) is 0.696. The second-order valence-corrected chi connectivity index (χ2v) is 4.64. The highest BCUT2D eigenvalue weighted by Crippen LogP contribution is 2.08. The van der Waals surface area contributed by atoms with E-state index < -0.39 is 5.97 Å². The molecule has 5 nitrogen and oxygen atoms in total. The van der Waals surface area contributed by atoms with Crippen molar-refractivity contribution in [3.05, 3.63) is 16.1 Å². The molecule has 0 atom stereocenters. The van der Waals surface area contributed by atoms with Gasteiger partial charge in [-0.15, -0.1) is 11.3 Å². The molecular formula is C10H17N3O2S. The normalized spacial score (nSPS) is 10.9. The molecule has 1 rings (SSSR count). The molecule has 0 saturated carbocycles. The van der Waals surface area contributed by atoms with Crippen LogP contribution in [0.4, 0.5) is 0 Å². The van der Waals surface area contributed by atoms with Crippen LogP contribution in [-0.4, -0.2) is 48.1 Å². The SMILES string of the molecule is CN(C)CCCNCc1csc(C(=O)O)n1. The Morgan fingerprint density at radius 2 is 2.38 bits per heavy atom. The molecule has 0 aromatic carbocycles. The fraction of sp³-hybridized carbons (Fsp3) is 0.600. The van der Waals surface area contributed by atoms with Crippen molar-refractivity contribution in [2.24, 2.45) is 0 Å². The van der Waals surface area contributed by atoms with Crippen molar-refractivity contribution >= 4 is 17.3 Å². The first-order valence-electron chi connectivity index (χ1n) is 5.12. The van der Waals surface area contributed by atoms with Crippen molar-refractivity contribution in [2.45, 2.75) is 13.0 Å². The molecule has 0 fully saturated rings. The Hall–Kier alpha value is -0.980. The van der Waals surface area contributed by atoms with Gasteiger partial charge in [-0.3, -0.25) is 0 Å². The van der Waals surface area contributed by atoms with Gasteiger partial charge in [-0.2, -0.15) is 0 Å². The second-order valence-electron chi connectivity index (χ2n) is 3.78. The van der Waals surface area contributed by atoms with Crippen molar-refractivity contribution in [3.8, 4) is 0 Å². The Morgan fingerprint density at radius 1 is 1.62 bits per heavy atom. The molecule has 6 heteroatoms. The lowest BCUT2D eigenvalue weighted by Gasteiger charge is -2.08. The molecule has 0 unspecified atom stereocenters. The molecule has 16 heavy (non-hydrogen) atoms. The number of carboxylic acid groups (broad SMARTS) is 1. The number of aromatic carboxylic acids is 1. The Labute approximate surface area is 99.1 Å². The maximum Gasteiger partial charge on any atom is 0.365 e. The van der Waals surface area contributed by atoms with Gasteiger partial charge in [-0.25, -0.2) is 9.78 Å². The third-order valence-electron chi connectivity index (χ3n) is 2.00. The zero-order valence-corrected chi connectivity index (χ0v) is 10.4. The minimum absolute atomic E-state index is 0.157. The topological polar surface area (TPSA) is 65.5 Å². The Bertz CT molecular complexity index is 339. The minimum Gasteiger partial charge on any atom is -0.476 e. The standard InChI is InChI=1S/C10H17N3O2S/c1-13(2)5-3-4-11-6-8-7-16-9(12-8)10(14)15/h7,11H,3-6H2,1-2H3,(H,14,15). The minimum atomic E-state index is -0.955. The third kappa shape index (κ3) is 4.69. The van der Waals surface area contributed by atoms with Crippen LogP contribution in [0.1, 0.15) is 21.9 Å². The maximum absolute atomic E-state index is 10.6. The number of hydrogen-bond donors (Lipinski definition) is 2. The molecule has 0 aliphatic carbocycles. The van der Waals surface area contributed by atoms with Gasteiger partial charge < -0.3 is 15.3 Å². The molecule has 1 heterocycles. The van der Waals surface area contributed by atoms with Gasteiger partial charge >= 0.3 is 5.97 Å². The van der Waals surface area contributed by atoms with Gasteiger partial charge in [0.05, 0.1) is 5.69 Å². The summed E-state index contributed by atoms with van der Waals surface area (Å²) in [6.07, 6.45) is 1.07. The number of carbonyl (C=O) groups is 1.